The Hall–Kier alpha value is -1.20. The van der Waals surface area contributed by atoms with Gasteiger partial charge in [0.05, 0.1) is 0 Å². The molecular weight excluding hydrogens is 304 g/mol. The average molecular weight is 335 g/mol. The van der Waals surface area contributed by atoms with Gasteiger partial charge in [-0.3, -0.25) is 4.99 Å². The number of thioether (sulfide) groups is 1. The molecule has 0 radical (unpaired) electrons. The topological polar surface area (TPSA) is 39.7 Å². The second-order valence-electron chi connectivity index (χ2n) is 6.12. The van der Waals surface area contributed by atoms with E-state index in [9.17, 15) is 0 Å². The number of likely N-dealkylation sites (tertiary alicyclic amines) is 1. The lowest BCUT2D eigenvalue weighted by Gasteiger charge is -2.18. The zero-order chi connectivity index (χ0) is 16.5. The molecule has 4 nitrogen and oxygen atoms in total. The fourth-order valence-corrected chi connectivity index (χ4v) is 3.79. The smallest absolute Gasteiger partial charge is 0.191 e. The van der Waals surface area contributed by atoms with Crippen LogP contribution < -0.4 is 10.6 Å². The van der Waals surface area contributed by atoms with Crippen LogP contribution in [0.2, 0.25) is 0 Å². The van der Waals surface area contributed by atoms with E-state index in [1.165, 1.54) is 24.4 Å². The lowest BCUT2D eigenvalue weighted by molar-refractivity contribution is 0.342. The molecule has 0 amide bonds. The summed E-state index contributed by atoms with van der Waals surface area (Å²) in [4.78, 5) is 8.17. The summed E-state index contributed by atoms with van der Waals surface area (Å²) in [7, 11) is 1.84. The molecule has 2 unspecified atom stereocenters. The molecule has 1 aliphatic rings. The van der Waals surface area contributed by atoms with Crippen molar-refractivity contribution in [2.24, 2.45) is 10.9 Å². The number of hydrogen-bond donors (Lipinski definition) is 2. The molecule has 1 aliphatic heterocycles. The van der Waals surface area contributed by atoms with E-state index < -0.39 is 0 Å². The van der Waals surface area contributed by atoms with Gasteiger partial charge in [-0.25, -0.2) is 0 Å². The number of hydrogen-bond acceptors (Lipinski definition) is 3. The van der Waals surface area contributed by atoms with Crippen LogP contribution in [0, 0.1) is 5.92 Å². The minimum atomic E-state index is 0.498. The second-order valence-corrected chi connectivity index (χ2v) is 7.64. The van der Waals surface area contributed by atoms with Gasteiger partial charge < -0.3 is 15.5 Å². The maximum absolute atomic E-state index is 4.34. The molecule has 0 aliphatic carbocycles. The van der Waals surface area contributed by atoms with Crippen molar-refractivity contribution in [2.45, 2.75) is 30.4 Å². The molecule has 23 heavy (non-hydrogen) atoms. The van der Waals surface area contributed by atoms with Crippen LogP contribution in [0.15, 0.2) is 40.2 Å². The summed E-state index contributed by atoms with van der Waals surface area (Å²) in [5.41, 5.74) is 0. The summed E-state index contributed by atoms with van der Waals surface area (Å²) in [5, 5.41) is 7.42. The van der Waals surface area contributed by atoms with Crippen LogP contribution in [-0.2, 0) is 0 Å². The summed E-state index contributed by atoms with van der Waals surface area (Å²) in [6, 6.07) is 10.6. The third-order valence-electron chi connectivity index (χ3n) is 4.24. The number of nitrogens with zero attached hydrogens (tertiary/aromatic N) is 2. The molecule has 1 heterocycles. The predicted octanol–water partition coefficient (Wildman–Crippen LogP) is 2.67. The normalized spacial score (nSPS) is 20.5. The van der Waals surface area contributed by atoms with Crippen molar-refractivity contribution >= 4 is 17.7 Å². The van der Waals surface area contributed by atoms with Gasteiger partial charge in [-0.05, 0) is 37.6 Å². The standard InChI is InChI=1S/C18H30N4S/c1-4-22-11-10-16(14-22)13-21-18(19-3)20-12-15(2)23-17-8-6-5-7-9-17/h5-9,15-16H,4,10-14H2,1-3H3,(H2,19,20,21). The minimum absolute atomic E-state index is 0.498. The fourth-order valence-electron chi connectivity index (χ4n) is 2.84. The molecule has 1 aromatic rings. The average Bonchev–Trinajstić information content (AvgIpc) is 3.04. The Kier molecular flexibility index (Phi) is 7.76. The van der Waals surface area contributed by atoms with E-state index in [-0.39, 0.29) is 0 Å². The monoisotopic (exact) mass is 334 g/mol. The van der Waals surface area contributed by atoms with E-state index >= 15 is 0 Å². The van der Waals surface area contributed by atoms with Gasteiger partial charge in [0.25, 0.3) is 0 Å². The maximum Gasteiger partial charge on any atom is 0.191 e. The van der Waals surface area contributed by atoms with E-state index in [0.717, 1.165) is 31.5 Å². The first kappa shape index (κ1) is 18.1. The van der Waals surface area contributed by atoms with Gasteiger partial charge in [-0.2, -0.15) is 0 Å². The highest BCUT2D eigenvalue weighted by atomic mass is 32.2. The van der Waals surface area contributed by atoms with Gasteiger partial charge in [-0.15, -0.1) is 11.8 Å². The molecule has 1 fully saturated rings. The van der Waals surface area contributed by atoms with Gasteiger partial charge in [0.2, 0.25) is 0 Å². The number of aliphatic imine (C=N–C) groups is 1. The van der Waals surface area contributed by atoms with Crippen LogP contribution in [0.3, 0.4) is 0 Å². The molecule has 0 bridgehead atoms. The van der Waals surface area contributed by atoms with E-state index in [2.05, 4.69) is 64.7 Å². The molecule has 2 atom stereocenters. The third-order valence-corrected chi connectivity index (χ3v) is 5.35. The van der Waals surface area contributed by atoms with E-state index in [1.807, 2.05) is 18.8 Å². The highest BCUT2D eigenvalue weighted by Crippen LogP contribution is 2.21. The molecule has 2 rings (SSSR count). The largest absolute Gasteiger partial charge is 0.356 e. The molecule has 1 aromatic carbocycles. The van der Waals surface area contributed by atoms with Gasteiger partial charge in [-0.1, -0.05) is 32.0 Å². The summed E-state index contributed by atoms with van der Waals surface area (Å²) in [5.74, 6) is 1.66. The molecule has 2 N–H and O–H groups in total. The zero-order valence-corrected chi connectivity index (χ0v) is 15.4. The van der Waals surface area contributed by atoms with Gasteiger partial charge in [0.15, 0.2) is 5.96 Å². The van der Waals surface area contributed by atoms with Crippen molar-refractivity contribution in [3.63, 3.8) is 0 Å². The first-order chi connectivity index (χ1) is 11.2. The number of guanidine groups is 1. The van der Waals surface area contributed by atoms with E-state index in [1.54, 1.807) is 0 Å². The molecule has 1 saturated heterocycles. The molecule has 5 heteroatoms. The molecule has 0 aromatic heterocycles. The summed E-state index contributed by atoms with van der Waals surface area (Å²) in [6.45, 7) is 10.0. The third kappa shape index (κ3) is 6.43. The van der Waals surface area contributed by atoms with Crippen molar-refractivity contribution in [1.29, 1.82) is 0 Å². The number of rotatable bonds is 7. The summed E-state index contributed by atoms with van der Waals surface area (Å²) < 4.78 is 0. The Bertz CT molecular complexity index is 477. The Balaban J connectivity index is 1.66. The van der Waals surface area contributed by atoms with Crippen LogP contribution in [0.25, 0.3) is 0 Å². The van der Waals surface area contributed by atoms with Crippen LogP contribution in [0.4, 0.5) is 0 Å². The number of nitrogens with one attached hydrogen (secondary N) is 2. The Morgan fingerprint density at radius 3 is 2.78 bits per heavy atom. The highest BCUT2D eigenvalue weighted by Gasteiger charge is 2.21. The molecule has 0 saturated carbocycles. The van der Waals surface area contributed by atoms with Crippen molar-refractivity contribution in [2.75, 3.05) is 39.8 Å². The molecule has 128 valence electrons. The minimum Gasteiger partial charge on any atom is -0.356 e. The lowest BCUT2D eigenvalue weighted by atomic mass is 10.1. The number of benzene rings is 1. The SMILES string of the molecule is CCN1CCC(CNC(=NC)NCC(C)Sc2ccccc2)C1. The van der Waals surface area contributed by atoms with Crippen LogP contribution >= 0.6 is 11.8 Å². The zero-order valence-electron chi connectivity index (χ0n) is 14.6. The van der Waals surface area contributed by atoms with Crippen LogP contribution in [0.5, 0.6) is 0 Å². The van der Waals surface area contributed by atoms with Gasteiger partial charge in [0.1, 0.15) is 0 Å². The van der Waals surface area contributed by atoms with E-state index in [4.69, 9.17) is 0 Å². The second kappa shape index (κ2) is 9.83. The Labute approximate surface area is 145 Å². The van der Waals surface area contributed by atoms with Crippen LogP contribution in [0.1, 0.15) is 20.3 Å². The maximum atomic E-state index is 4.34. The predicted molar refractivity (Wildman–Crippen MR) is 101 cm³/mol. The van der Waals surface area contributed by atoms with Crippen molar-refractivity contribution < 1.29 is 0 Å². The summed E-state index contributed by atoms with van der Waals surface area (Å²) in [6.07, 6.45) is 1.29. The first-order valence-electron chi connectivity index (χ1n) is 8.59. The Morgan fingerprint density at radius 1 is 1.35 bits per heavy atom. The van der Waals surface area contributed by atoms with Crippen molar-refractivity contribution in [1.82, 2.24) is 15.5 Å². The Morgan fingerprint density at radius 2 is 2.13 bits per heavy atom. The van der Waals surface area contributed by atoms with Gasteiger partial charge >= 0.3 is 0 Å². The van der Waals surface area contributed by atoms with E-state index in [0.29, 0.717) is 5.25 Å². The molecular formula is C18H30N4S. The molecule has 0 spiro atoms. The fraction of sp³-hybridized carbons (Fsp3) is 0.611. The lowest BCUT2D eigenvalue weighted by Crippen LogP contribution is -2.42. The van der Waals surface area contributed by atoms with Crippen molar-refractivity contribution in [3.8, 4) is 0 Å². The summed E-state index contributed by atoms with van der Waals surface area (Å²) >= 11 is 1.89. The van der Waals surface area contributed by atoms with Gasteiger partial charge in [0, 0.05) is 36.8 Å². The first-order valence-corrected chi connectivity index (χ1v) is 9.47. The van der Waals surface area contributed by atoms with Crippen LogP contribution in [-0.4, -0.2) is 55.9 Å². The van der Waals surface area contributed by atoms with Crippen molar-refractivity contribution in [3.05, 3.63) is 30.3 Å². The highest BCUT2D eigenvalue weighted by molar-refractivity contribution is 8.00. The quantitative estimate of drug-likeness (QED) is 0.457.